The van der Waals surface area contributed by atoms with Crippen molar-refractivity contribution in [2.24, 2.45) is 0 Å². The fourth-order valence-corrected chi connectivity index (χ4v) is 1.01. The molecule has 0 aromatic carbocycles. The van der Waals surface area contributed by atoms with Crippen LogP contribution in [0.1, 0.15) is 12.6 Å². The summed E-state index contributed by atoms with van der Waals surface area (Å²) < 4.78 is 16.8. The number of pyridine rings is 1. The maximum atomic E-state index is 11.8. The normalized spacial score (nSPS) is 10.1. The van der Waals surface area contributed by atoms with Crippen LogP contribution in [-0.4, -0.2) is 24.8 Å². The first-order valence-electron chi connectivity index (χ1n) is 4.71. The SMILES string of the molecule is CCNCc1ccc(OCCF)cn1. The van der Waals surface area contributed by atoms with E-state index in [2.05, 4.69) is 10.3 Å². The Kier molecular flexibility index (Phi) is 4.93. The third-order valence-corrected chi connectivity index (χ3v) is 1.70. The van der Waals surface area contributed by atoms with Crippen molar-refractivity contribution in [3.05, 3.63) is 24.0 Å². The lowest BCUT2D eigenvalue weighted by Gasteiger charge is -2.04. The predicted molar refractivity (Wildman–Crippen MR) is 53.1 cm³/mol. The van der Waals surface area contributed by atoms with E-state index in [9.17, 15) is 4.39 Å². The molecule has 4 heteroatoms. The molecule has 0 saturated carbocycles. The minimum Gasteiger partial charge on any atom is -0.489 e. The van der Waals surface area contributed by atoms with Gasteiger partial charge in [0.05, 0.1) is 11.9 Å². The summed E-state index contributed by atoms with van der Waals surface area (Å²) in [6.45, 7) is 3.33. The van der Waals surface area contributed by atoms with E-state index in [4.69, 9.17) is 4.74 Å². The molecule has 0 aliphatic rings. The standard InChI is InChI=1S/C10H15FN2O/c1-2-12-7-9-3-4-10(8-13-9)14-6-5-11/h3-4,8,12H,2,5-7H2,1H3. The maximum Gasteiger partial charge on any atom is 0.137 e. The molecule has 0 radical (unpaired) electrons. The molecule has 1 aromatic heterocycles. The second-order valence-corrected chi connectivity index (χ2v) is 2.80. The van der Waals surface area contributed by atoms with Gasteiger partial charge in [-0.05, 0) is 18.7 Å². The fourth-order valence-electron chi connectivity index (χ4n) is 1.01. The van der Waals surface area contributed by atoms with Gasteiger partial charge in [-0.25, -0.2) is 4.39 Å². The first kappa shape index (κ1) is 10.9. The van der Waals surface area contributed by atoms with E-state index < -0.39 is 6.67 Å². The maximum absolute atomic E-state index is 11.8. The van der Waals surface area contributed by atoms with Crippen molar-refractivity contribution in [3.8, 4) is 5.75 Å². The van der Waals surface area contributed by atoms with Gasteiger partial charge < -0.3 is 10.1 Å². The van der Waals surface area contributed by atoms with Crippen LogP contribution in [0, 0.1) is 0 Å². The molecule has 0 aliphatic carbocycles. The van der Waals surface area contributed by atoms with Crippen LogP contribution >= 0.6 is 0 Å². The van der Waals surface area contributed by atoms with E-state index >= 15 is 0 Å². The summed E-state index contributed by atoms with van der Waals surface area (Å²) >= 11 is 0. The van der Waals surface area contributed by atoms with Gasteiger partial charge in [0.1, 0.15) is 19.0 Å². The zero-order chi connectivity index (χ0) is 10.2. The van der Waals surface area contributed by atoms with Gasteiger partial charge in [0.2, 0.25) is 0 Å². The van der Waals surface area contributed by atoms with Crippen LogP contribution in [0.25, 0.3) is 0 Å². The van der Waals surface area contributed by atoms with Crippen LogP contribution < -0.4 is 10.1 Å². The highest BCUT2D eigenvalue weighted by molar-refractivity contribution is 5.19. The molecule has 0 spiro atoms. The average molecular weight is 198 g/mol. The van der Waals surface area contributed by atoms with E-state index in [-0.39, 0.29) is 6.61 Å². The van der Waals surface area contributed by atoms with E-state index in [1.54, 1.807) is 12.3 Å². The largest absolute Gasteiger partial charge is 0.489 e. The molecular weight excluding hydrogens is 183 g/mol. The predicted octanol–water partition coefficient (Wildman–Crippen LogP) is 1.54. The van der Waals surface area contributed by atoms with Crippen molar-refractivity contribution in [1.82, 2.24) is 10.3 Å². The van der Waals surface area contributed by atoms with Crippen molar-refractivity contribution >= 4 is 0 Å². The van der Waals surface area contributed by atoms with Gasteiger partial charge in [-0.1, -0.05) is 6.92 Å². The highest BCUT2D eigenvalue weighted by Gasteiger charge is 1.95. The molecule has 0 amide bonds. The van der Waals surface area contributed by atoms with Crippen molar-refractivity contribution in [2.75, 3.05) is 19.8 Å². The number of aromatic nitrogens is 1. The molecule has 0 unspecified atom stereocenters. The van der Waals surface area contributed by atoms with Gasteiger partial charge >= 0.3 is 0 Å². The van der Waals surface area contributed by atoms with E-state index in [1.807, 2.05) is 13.0 Å². The van der Waals surface area contributed by atoms with Crippen molar-refractivity contribution in [2.45, 2.75) is 13.5 Å². The molecule has 78 valence electrons. The fraction of sp³-hybridized carbons (Fsp3) is 0.500. The van der Waals surface area contributed by atoms with Crippen LogP contribution in [-0.2, 0) is 6.54 Å². The lowest BCUT2D eigenvalue weighted by molar-refractivity contribution is 0.272. The number of hydrogen-bond donors (Lipinski definition) is 1. The summed E-state index contributed by atoms with van der Waals surface area (Å²) in [6, 6.07) is 3.67. The summed E-state index contributed by atoms with van der Waals surface area (Å²) in [5.74, 6) is 0.614. The van der Waals surface area contributed by atoms with Gasteiger partial charge in [-0.15, -0.1) is 0 Å². The first-order chi connectivity index (χ1) is 6.86. The number of nitrogens with one attached hydrogen (secondary N) is 1. The van der Waals surface area contributed by atoms with E-state index in [0.29, 0.717) is 5.75 Å². The summed E-state index contributed by atoms with van der Waals surface area (Å²) in [5, 5.41) is 3.16. The van der Waals surface area contributed by atoms with Crippen LogP contribution in [0.2, 0.25) is 0 Å². The smallest absolute Gasteiger partial charge is 0.137 e. The molecule has 0 fully saturated rings. The minimum absolute atomic E-state index is 0.0915. The third-order valence-electron chi connectivity index (χ3n) is 1.70. The summed E-state index contributed by atoms with van der Waals surface area (Å²) in [4.78, 5) is 4.16. The summed E-state index contributed by atoms with van der Waals surface area (Å²) in [6.07, 6.45) is 1.61. The van der Waals surface area contributed by atoms with Crippen LogP contribution in [0.3, 0.4) is 0 Å². The lowest BCUT2D eigenvalue weighted by atomic mass is 10.3. The second kappa shape index (κ2) is 6.32. The molecule has 0 atom stereocenters. The highest BCUT2D eigenvalue weighted by Crippen LogP contribution is 2.08. The van der Waals surface area contributed by atoms with E-state index in [1.165, 1.54) is 0 Å². The van der Waals surface area contributed by atoms with Gasteiger partial charge in [0.25, 0.3) is 0 Å². The Morgan fingerprint density at radius 1 is 1.50 bits per heavy atom. The number of alkyl halides is 1. The van der Waals surface area contributed by atoms with Crippen molar-refractivity contribution in [3.63, 3.8) is 0 Å². The monoisotopic (exact) mass is 198 g/mol. The Bertz CT molecular complexity index is 224. The zero-order valence-corrected chi connectivity index (χ0v) is 8.29. The number of ether oxygens (including phenoxy) is 1. The molecule has 1 aromatic rings. The number of nitrogens with zero attached hydrogens (tertiary/aromatic N) is 1. The van der Waals surface area contributed by atoms with Crippen molar-refractivity contribution in [1.29, 1.82) is 0 Å². The van der Waals surface area contributed by atoms with E-state index in [0.717, 1.165) is 18.8 Å². The zero-order valence-electron chi connectivity index (χ0n) is 8.29. The Balaban J connectivity index is 2.42. The molecule has 1 rings (SSSR count). The number of hydrogen-bond acceptors (Lipinski definition) is 3. The Morgan fingerprint density at radius 2 is 2.36 bits per heavy atom. The van der Waals surface area contributed by atoms with Crippen LogP contribution in [0.15, 0.2) is 18.3 Å². The quantitative estimate of drug-likeness (QED) is 0.752. The summed E-state index contributed by atoms with van der Waals surface area (Å²) in [7, 11) is 0. The minimum atomic E-state index is -0.473. The van der Waals surface area contributed by atoms with Gasteiger partial charge in [0, 0.05) is 6.54 Å². The van der Waals surface area contributed by atoms with Crippen LogP contribution in [0.5, 0.6) is 5.75 Å². The molecule has 0 aliphatic heterocycles. The molecule has 0 saturated heterocycles. The van der Waals surface area contributed by atoms with Gasteiger partial charge in [-0.3, -0.25) is 4.98 Å². The third kappa shape index (κ3) is 3.70. The molecule has 1 heterocycles. The number of rotatable bonds is 6. The van der Waals surface area contributed by atoms with Gasteiger partial charge in [-0.2, -0.15) is 0 Å². The van der Waals surface area contributed by atoms with Gasteiger partial charge in [0.15, 0.2) is 0 Å². The Morgan fingerprint density at radius 3 is 2.93 bits per heavy atom. The van der Waals surface area contributed by atoms with Crippen molar-refractivity contribution < 1.29 is 9.13 Å². The summed E-state index contributed by atoms with van der Waals surface area (Å²) in [5.41, 5.74) is 0.958. The Labute approximate surface area is 83.3 Å². The first-order valence-corrected chi connectivity index (χ1v) is 4.71. The molecule has 3 nitrogen and oxygen atoms in total. The molecular formula is C10H15FN2O. The molecule has 0 bridgehead atoms. The average Bonchev–Trinajstić information content (AvgIpc) is 2.25. The number of halogens is 1. The highest BCUT2D eigenvalue weighted by atomic mass is 19.1. The Hall–Kier alpha value is -1.16. The second-order valence-electron chi connectivity index (χ2n) is 2.80. The molecule has 14 heavy (non-hydrogen) atoms. The lowest BCUT2D eigenvalue weighted by Crippen LogP contribution is -2.12. The topological polar surface area (TPSA) is 34.1 Å². The molecule has 1 N–H and O–H groups in total. The van der Waals surface area contributed by atoms with Crippen LogP contribution in [0.4, 0.5) is 4.39 Å².